The third-order valence-electron chi connectivity index (χ3n) is 8.33. The molecule has 2 aromatic rings. The number of rotatable bonds is 3. The second-order valence-corrected chi connectivity index (χ2v) is 9.74. The summed E-state index contributed by atoms with van der Waals surface area (Å²) < 4.78 is 8.16. The Balaban J connectivity index is 0.00000231. The van der Waals surface area contributed by atoms with Gasteiger partial charge in [0.2, 0.25) is 0 Å². The lowest BCUT2D eigenvalue weighted by Gasteiger charge is -2.50. The lowest BCUT2D eigenvalue weighted by atomic mass is 9.55. The van der Waals surface area contributed by atoms with E-state index < -0.39 is 0 Å². The highest BCUT2D eigenvalue weighted by Gasteiger charge is 2.56. The quantitative estimate of drug-likeness (QED) is 0.372. The maximum Gasteiger partial charge on any atom is 0.344 e. The van der Waals surface area contributed by atoms with Crippen molar-refractivity contribution in [1.82, 2.24) is 0 Å². The fraction of sp³-hybridized carbons (Fsp3) is 0.538. The second-order valence-electron chi connectivity index (χ2n) is 9.74. The molecular formula is C26H32INO3. The summed E-state index contributed by atoms with van der Waals surface area (Å²) in [5.74, 6) is 2.04. The molecule has 31 heavy (non-hydrogen) atoms. The SMILES string of the molecule is CC[n+]1cccc(C(=O)O[C@@H]2CC[C@H]3[C@@H]4CCc5cc(O)ccc5[C@H]4CC[C@]23C)c1.[I-]. The van der Waals surface area contributed by atoms with Crippen molar-refractivity contribution in [2.45, 2.75) is 70.9 Å². The molecule has 5 atom stereocenters. The van der Waals surface area contributed by atoms with E-state index in [1.54, 1.807) is 0 Å². The van der Waals surface area contributed by atoms with E-state index in [0.29, 0.717) is 29.1 Å². The normalized spacial score (nSPS) is 31.0. The standard InChI is InChI=1S/C26H31NO3.HI/c1-3-27-14-4-5-18(16-27)25(29)30-24-11-10-23-22-8-6-17-15-19(28)7-9-20(17)21(22)12-13-26(23,24)2;/h4-5,7,9,14-16,21-24H,3,6,8,10-13H2,1-2H3;1H/t21-,22-,23+,24-,26+;/m1./s1. The van der Waals surface area contributed by atoms with Gasteiger partial charge < -0.3 is 33.8 Å². The fourth-order valence-electron chi connectivity index (χ4n) is 6.75. The van der Waals surface area contributed by atoms with Crippen LogP contribution in [0.2, 0.25) is 0 Å². The summed E-state index contributed by atoms with van der Waals surface area (Å²) in [6.07, 6.45) is 10.5. The summed E-state index contributed by atoms with van der Waals surface area (Å²) in [6, 6.07) is 9.72. The number of phenolic OH excluding ortho intramolecular Hbond substituents is 1. The molecule has 1 aromatic carbocycles. The van der Waals surface area contributed by atoms with E-state index >= 15 is 0 Å². The molecule has 3 aliphatic rings. The highest BCUT2D eigenvalue weighted by Crippen LogP contribution is 2.61. The lowest BCUT2D eigenvalue weighted by Crippen LogP contribution is -3.00. The van der Waals surface area contributed by atoms with E-state index in [1.807, 2.05) is 41.2 Å². The molecule has 1 aromatic heterocycles. The molecule has 0 unspecified atom stereocenters. The van der Waals surface area contributed by atoms with E-state index in [2.05, 4.69) is 19.9 Å². The number of fused-ring (bicyclic) bond motifs is 5. The van der Waals surface area contributed by atoms with Crippen molar-refractivity contribution in [3.8, 4) is 5.75 Å². The van der Waals surface area contributed by atoms with E-state index in [0.717, 1.165) is 38.6 Å². The third-order valence-corrected chi connectivity index (χ3v) is 8.33. The van der Waals surface area contributed by atoms with Crippen LogP contribution < -0.4 is 28.5 Å². The summed E-state index contributed by atoms with van der Waals surface area (Å²) in [5.41, 5.74) is 3.49. The number of halogens is 1. The fourth-order valence-corrected chi connectivity index (χ4v) is 6.75. The minimum Gasteiger partial charge on any atom is -1.00 e. The second kappa shape index (κ2) is 8.72. The van der Waals surface area contributed by atoms with Crippen molar-refractivity contribution < 1.29 is 43.2 Å². The van der Waals surface area contributed by atoms with Crippen molar-refractivity contribution in [3.05, 3.63) is 59.4 Å². The molecule has 0 amide bonds. The number of carbonyl (C=O) groups excluding carboxylic acids is 1. The van der Waals surface area contributed by atoms with Crippen LogP contribution in [0.5, 0.6) is 5.75 Å². The first-order chi connectivity index (χ1) is 14.5. The number of hydrogen-bond donors (Lipinski definition) is 1. The number of benzene rings is 1. The Labute approximate surface area is 202 Å². The van der Waals surface area contributed by atoms with Crippen LogP contribution in [0.15, 0.2) is 42.7 Å². The number of pyridine rings is 1. The van der Waals surface area contributed by atoms with Gasteiger partial charge in [-0.25, -0.2) is 9.36 Å². The monoisotopic (exact) mass is 533 g/mol. The van der Waals surface area contributed by atoms with Gasteiger partial charge in [0.05, 0.1) is 0 Å². The van der Waals surface area contributed by atoms with Gasteiger partial charge in [0.25, 0.3) is 0 Å². The highest BCUT2D eigenvalue weighted by atomic mass is 127. The van der Waals surface area contributed by atoms with E-state index in [9.17, 15) is 9.90 Å². The Morgan fingerprint density at radius 2 is 2.06 bits per heavy atom. The number of esters is 1. The van der Waals surface area contributed by atoms with Crippen LogP contribution in [-0.4, -0.2) is 17.2 Å². The average molecular weight is 533 g/mol. The predicted octanol–water partition coefficient (Wildman–Crippen LogP) is 1.79. The van der Waals surface area contributed by atoms with Gasteiger partial charge in [-0.3, -0.25) is 0 Å². The van der Waals surface area contributed by atoms with Crippen molar-refractivity contribution in [3.63, 3.8) is 0 Å². The van der Waals surface area contributed by atoms with Gasteiger partial charge in [0.15, 0.2) is 12.4 Å². The largest absolute Gasteiger partial charge is 1.00 e. The van der Waals surface area contributed by atoms with Crippen LogP contribution in [0.4, 0.5) is 0 Å². The lowest BCUT2D eigenvalue weighted by molar-refractivity contribution is -0.693. The Morgan fingerprint density at radius 1 is 1.23 bits per heavy atom. The first kappa shape index (κ1) is 22.6. The molecule has 2 saturated carbocycles. The maximum atomic E-state index is 12.9. The molecule has 5 heteroatoms. The number of aromatic nitrogens is 1. The maximum absolute atomic E-state index is 12.9. The Hall–Kier alpha value is -1.63. The number of phenols is 1. The van der Waals surface area contributed by atoms with E-state index in [1.165, 1.54) is 17.5 Å². The first-order valence-electron chi connectivity index (χ1n) is 11.5. The number of carbonyl (C=O) groups is 1. The van der Waals surface area contributed by atoms with E-state index in [4.69, 9.17) is 4.74 Å². The summed E-state index contributed by atoms with van der Waals surface area (Å²) >= 11 is 0. The number of aromatic hydroxyl groups is 1. The van der Waals surface area contributed by atoms with Crippen molar-refractivity contribution >= 4 is 5.97 Å². The van der Waals surface area contributed by atoms with Gasteiger partial charge in [-0.05, 0) is 92.5 Å². The zero-order valence-electron chi connectivity index (χ0n) is 18.4. The van der Waals surface area contributed by atoms with Gasteiger partial charge in [0, 0.05) is 11.5 Å². The topological polar surface area (TPSA) is 50.4 Å². The molecular weight excluding hydrogens is 501 g/mol. The number of nitrogens with zero attached hydrogens (tertiary/aromatic N) is 1. The Bertz CT molecular complexity index is 977. The molecule has 3 aliphatic carbocycles. The van der Waals surface area contributed by atoms with Crippen LogP contribution in [0.25, 0.3) is 0 Å². The van der Waals surface area contributed by atoms with Gasteiger partial charge in [-0.1, -0.05) is 13.0 Å². The van der Waals surface area contributed by atoms with Crippen LogP contribution in [0.1, 0.15) is 73.4 Å². The van der Waals surface area contributed by atoms with Crippen LogP contribution in [0, 0.1) is 17.3 Å². The summed E-state index contributed by atoms with van der Waals surface area (Å²) in [7, 11) is 0. The van der Waals surface area contributed by atoms with Gasteiger partial charge in [0.1, 0.15) is 24.0 Å². The zero-order chi connectivity index (χ0) is 20.9. The molecule has 4 nitrogen and oxygen atoms in total. The zero-order valence-corrected chi connectivity index (χ0v) is 20.5. The van der Waals surface area contributed by atoms with Crippen LogP contribution in [-0.2, 0) is 17.7 Å². The van der Waals surface area contributed by atoms with Crippen molar-refractivity contribution in [1.29, 1.82) is 0 Å². The smallest absolute Gasteiger partial charge is 0.344 e. The van der Waals surface area contributed by atoms with Gasteiger partial charge >= 0.3 is 5.97 Å². The molecule has 1 heterocycles. The average Bonchev–Trinajstić information content (AvgIpc) is 3.09. The van der Waals surface area contributed by atoms with Crippen LogP contribution in [0.3, 0.4) is 0 Å². The third kappa shape index (κ3) is 3.87. The highest BCUT2D eigenvalue weighted by molar-refractivity contribution is 5.88. The Morgan fingerprint density at radius 3 is 2.87 bits per heavy atom. The summed E-state index contributed by atoms with van der Waals surface area (Å²) in [4.78, 5) is 12.9. The molecule has 0 radical (unpaired) electrons. The van der Waals surface area contributed by atoms with E-state index in [-0.39, 0.29) is 41.5 Å². The van der Waals surface area contributed by atoms with Crippen molar-refractivity contribution in [2.24, 2.45) is 17.3 Å². The first-order valence-corrected chi connectivity index (χ1v) is 11.5. The molecule has 0 aliphatic heterocycles. The molecule has 0 bridgehead atoms. The minimum atomic E-state index is -0.184. The molecule has 2 fully saturated rings. The molecule has 0 spiro atoms. The summed E-state index contributed by atoms with van der Waals surface area (Å²) in [6.45, 7) is 5.27. The molecule has 5 rings (SSSR count). The molecule has 1 N–H and O–H groups in total. The summed E-state index contributed by atoms with van der Waals surface area (Å²) in [5, 5.41) is 9.87. The molecule has 166 valence electrons. The van der Waals surface area contributed by atoms with Crippen LogP contribution >= 0.6 is 0 Å². The molecule has 0 saturated heterocycles. The van der Waals surface area contributed by atoms with Gasteiger partial charge in [-0.2, -0.15) is 0 Å². The number of aryl methyl sites for hydroxylation is 2. The Kier molecular flexibility index (Phi) is 6.35. The number of hydrogen-bond acceptors (Lipinski definition) is 3. The minimum absolute atomic E-state index is 0. The number of ether oxygens (including phenoxy) is 1. The van der Waals surface area contributed by atoms with Crippen molar-refractivity contribution in [2.75, 3.05) is 0 Å². The predicted molar refractivity (Wildman–Crippen MR) is 114 cm³/mol. The van der Waals surface area contributed by atoms with Gasteiger partial charge in [-0.15, -0.1) is 0 Å².